The molecule has 0 unspecified atom stereocenters. The van der Waals surface area contributed by atoms with E-state index in [0.29, 0.717) is 0 Å². The number of hydrogen-bond acceptors (Lipinski definition) is 0. The van der Waals surface area contributed by atoms with Gasteiger partial charge in [0.1, 0.15) is 0 Å². The fraction of sp³-hybridized carbons (Fsp3) is 1.00. The first-order valence-corrected chi connectivity index (χ1v) is 6.54. The summed E-state index contributed by atoms with van der Waals surface area (Å²) in [4.78, 5) is 0. The first-order valence-electron chi connectivity index (χ1n) is 6.54. The van der Waals surface area contributed by atoms with E-state index in [-0.39, 0.29) is 0 Å². The molecule has 0 heterocycles. The Kier molecular flexibility index (Phi) is 8.59. The van der Waals surface area contributed by atoms with E-state index in [1.807, 2.05) is 0 Å². The molecular weight excluding hydrogens is 576 g/mol. The molecule has 0 aliphatic carbocycles. The second-order valence-corrected chi connectivity index (χ2v) is 5.44. The van der Waals surface area contributed by atoms with Crippen LogP contribution in [0.5, 0.6) is 0 Å². The molecular formula is C10F24. The minimum absolute atomic E-state index is 6.97. The van der Waals surface area contributed by atoms with Crippen LogP contribution in [0.3, 0.4) is 0 Å². The molecule has 24 heteroatoms. The van der Waals surface area contributed by atoms with Crippen LogP contribution in [-0.4, -0.2) is 60.2 Å². The van der Waals surface area contributed by atoms with Crippen LogP contribution < -0.4 is 0 Å². The monoisotopic (exact) mass is 576 g/mol. The van der Waals surface area contributed by atoms with Gasteiger partial charge in [0.25, 0.3) is 0 Å². The van der Waals surface area contributed by atoms with Gasteiger partial charge in [-0.3, -0.25) is 0 Å². The fourth-order valence-electron chi connectivity index (χ4n) is 1.11. The maximum absolute atomic E-state index is 12.3. The highest BCUT2D eigenvalue weighted by Gasteiger charge is 2.91. The van der Waals surface area contributed by atoms with Crippen molar-refractivity contribution in [1.29, 1.82) is 0 Å². The molecule has 0 saturated heterocycles. The van der Waals surface area contributed by atoms with Gasteiger partial charge in [0.15, 0.2) is 0 Å². The molecule has 0 nitrogen and oxygen atoms in total. The third-order valence-corrected chi connectivity index (χ3v) is 3.00. The highest BCUT2D eigenvalue weighted by molar-refractivity contribution is 5.08. The number of halogens is 24. The van der Waals surface area contributed by atoms with Crippen molar-refractivity contribution < 1.29 is 105 Å². The Morgan fingerprint density at radius 2 is 0.235 bits per heavy atom. The van der Waals surface area contributed by atoms with E-state index in [2.05, 4.69) is 0 Å². The summed E-state index contributed by atoms with van der Waals surface area (Å²) in [6, 6.07) is 0. The van der Waals surface area contributed by atoms with Gasteiger partial charge < -0.3 is 0 Å². The lowest BCUT2D eigenvalue weighted by Gasteiger charge is -2.37. The smallest absolute Gasteiger partial charge is 0.192 e. The van der Waals surface area contributed by atoms with Crippen LogP contribution in [0.1, 0.15) is 0 Å². The van der Waals surface area contributed by atoms with Crippen LogP contribution >= 0.6 is 0 Å². The molecule has 0 spiro atoms. The Hall–Kier alpha value is -1.68. The molecule has 0 bridgehead atoms. The lowest BCUT2D eigenvalue weighted by atomic mass is 9.98. The van der Waals surface area contributed by atoms with Gasteiger partial charge in [0, 0.05) is 0 Å². The molecule has 0 aliphatic rings. The summed E-state index contributed by atoms with van der Waals surface area (Å²) in [5.74, 6) is -46.0. The van der Waals surface area contributed by atoms with E-state index >= 15 is 0 Å². The molecule has 0 amide bonds. The Labute approximate surface area is 167 Å². The number of alkyl halides is 24. The van der Waals surface area contributed by atoms with Gasteiger partial charge in [0.2, 0.25) is 0 Å². The van der Waals surface area contributed by atoms with Crippen LogP contribution in [0, 0.1) is 0 Å². The lowest BCUT2D eigenvalue weighted by molar-refractivity contribution is -0.451. The first kappa shape index (κ1) is 34.5. The third kappa shape index (κ3) is 5.27. The van der Waals surface area contributed by atoms with Gasteiger partial charge in [-0.15, -0.1) is 0 Å². The Bertz CT molecular complexity index is 617. The maximum Gasteiger partial charge on any atom is 0.460 e. The molecule has 208 valence electrons. The molecule has 0 atom stereocenters. The zero-order valence-corrected chi connectivity index (χ0v) is 14.1. The van der Waals surface area contributed by atoms with Gasteiger partial charge in [0.05, 0.1) is 0 Å². The van der Waals surface area contributed by atoms with E-state index in [1.165, 1.54) is 0 Å². The molecule has 0 rings (SSSR count). The average molecular weight is 576 g/mol. The van der Waals surface area contributed by atoms with Crippen molar-refractivity contribution in [2.75, 3.05) is 0 Å². The molecule has 0 aromatic rings. The van der Waals surface area contributed by atoms with E-state index in [9.17, 15) is 105 Å². The van der Waals surface area contributed by atoms with Crippen molar-refractivity contribution in [3.05, 3.63) is 0 Å². The second-order valence-electron chi connectivity index (χ2n) is 5.44. The largest absolute Gasteiger partial charge is 0.460 e. The molecule has 0 fully saturated rings. The molecule has 34 heavy (non-hydrogen) atoms. The quantitative estimate of drug-likeness (QED) is 0.298. The Morgan fingerprint density at radius 3 is 0.324 bits per heavy atom. The number of rotatable bonds is 4. The van der Waals surface area contributed by atoms with Crippen molar-refractivity contribution >= 4 is 0 Å². The SMILES string of the molecule is FC(F)(F)C(F)(F)C(F)(F)C(F)(F)C(F)(F)C(F)(F)F.FC(F)(F)C(F)(F)C(F)(F)C(F)(F)F. The first-order chi connectivity index (χ1) is 14.0. The highest BCUT2D eigenvalue weighted by Crippen LogP contribution is 2.60. The van der Waals surface area contributed by atoms with Crippen LogP contribution in [0.25, 0.3) is 0 Å². The van der Waals surface area contributed by atoms with Crippen LogP contribution in [-0.2, 0) is 0 Å². The predicted octanol–water partition coefficient (Wildman–Crippen LogP) is 8.03. The van der Waals surface area contributed by atoms with Crippen molar-refractivity contribution in [1.82, 2.24) is 0 Å². The Morgan fingerprint density at radius 1 is 0.147 bits per heavy atom. The third-order valence-electron chi connectivity index (χ3n) is 3.00. The van der Waals surface area contributed by atoms with Crippen molar-refractivity contribution in [3.63, 3.8) is 0 Å². The van der Waals surface area contributed by atoms with Gasteiger partial charge >= 0.3 is 60.2 Å². The summed E-state index contributed by atoms with van der Waals surface area (Å²) >= 11 is 0. The minimum atomic E-state index is -8.04. The van der Waals surface area contributed by atoms with Gasteiger partial charge in [-0.1, -0.05) is 0 Å². The standard InChI is InChI=1S/C6F14.C4F10/c7-1(8,3(11,12)5(15,16)17)2(9,10)4(13,14)6(18,19)20;5-1(6,3(9,10)11)2(7,8)4(12,13)14. The molecule has 0 saturated carbocycles. The van der Waals surface area contributed by atoms with E-state index in [4.69, 9.17) is 0 Å². The summed E-state index contributed by atoms with van der Waals surface area (Å²) in [6.07, 6.45) is -28.9. The summed E-state index contributed by atoms with van der Waals surface area (Å²) in [7, 11) is 0. The summed E-state index contributed by atoms with van der Waals surface area (Å²) in [5.41, 5.74) is 0. The van der Waals surface area contributed by atoms with Crippen LogP contribution in [0.4, 0.5) is 105 Å². The van der Waals surface area contributed by atoms with Crippen LogP contribution in [0.2, 0.25) is 0 Å². The second kappa shape index (κ2) is 8.47. The van der Waals surface area contributed by atoms with Gasteiger partial charge in [-0.25, -0.2) is 0 Å². The van der Waals surface area contributed by atoms with Crippen molar-refractivity contribution in [2.45, 2.75) is 60.2 Å². The topological polar surface area (TPSA) is 0 Å². The lowest BCUT2D eigenvalue weighted by Crippen LogP contribution is -2.69. The molecule has 0 aliphatic heterocycles. The predicted molar refractivity (Wildman–Crippen MR) is 53.9 cm³/mol. The molecule has 0 aromatic heterocycles. The fourth-order valence-corrected chi connectivity index (χ4v) is 1.11. The molecule has 0 radical (unpaired) electrons. The highest BCUT2D eigenvalue weighted by atomic mass is 19.5. The summed E-state index contributed by atoms with van der Waals surface area (Å²) in [5, 5.41) is 0. The normalized spacial score (nSPS) is 16.2. The molecule has 0 aromatic carbocycles. The van der Waals surface area contributed by atoms with Crippen molar-refractivity contribution in [3.8, 4) is 0 Å². The minimum Gasteiger partial charge on any atom is -0.192 e. The van der Waals surface area contributed by atoms with Gasteiger partial charge in [-0.05, 0) is 0 Å². The average Bonchev–Trinajstić information content (AvgIpc) is 2.50. The Balaban J connectivity index is 0. The number of hydrogen-bond donors (Lipinski definition) is 0. The summed E-state index contributed by atoms with van der Waals surface area (Å²) < 4.78 is 279. The van der Waals surface area contributed by atoms with E-state index in [0.717, 1.165) is 0 Å². The van der Waals surface area contributed by atoms with E-state index < -0.39 is 60.2 Å². The maximum atomic E-state index is 12.3. The molecule has 0 N–H and O–H groups in total. The van der Waals surface area contributed by atoms with Gasteiger partial charge in [-0.2, -0.15) is 105 Å². The van der Waals surface area contributed by atoms with Crippen LogP contribution in [0.15, 0.2) is 0 Å². The zero-order chi connectivity index (χ0) is 29.0. The summed E-state index contributed by atoms with van der Waals surface area (Å²) in [6.45, 7) is 0. The zero-order valence-electron chi connectivity index (χ0n) is 14.1. The van der Waals surface area contributed by atoms with Crippen molar-refractivity contribution in [2.24, 2.45) is 0 Å². The van der Waals surface area contributed by atoms with E-state index in [1.54, 1.807) is 0 Å².